The molecule has 2 saturated heterocycles. The van der Waals surface area contributed by atoms with Gasteiger partial charge < -0.3 is 20.3 Å². The van der Waals surface area contributed by atoms with E-state index in [2.05, 4.69) is 15.7 Å². The lowest BCUT2D eigenvalue weighted by molar-refractivity contribution is -0.121. The fourth-order valence-electron chi connectivity index (χ4n) is 3.15. The largest absolute Gasteiger partial charge is 0.439 e. The Hall–Kier alpha value is -2.58. The topological polar surface area (TPSA) is 106 Å². The summed E-state index contributed by atoms with van der Waals surface area (Å²) >= 11 is 0. The zero-order valence-electron chi connectivity index (χ0n) is 13.8. The van der Waals surface area contributed by atoms with Crippen LogP contribution in [0.1, 0.15) is 29.0 Å². The maximum Gasteiger partial charge on any atom is 0.407 e. The number of nitrogens with one attached hydrogen (secondary N) is 2. The number of ether oxygens (including phenoxy) is 1. The second kappa shape index (κ2) is 6.14. The number of hydrogen-bond donors (Lipinski definition) is 2. The van der Waals surface area contributed by atoms with Gasteiger partial charge in [0.15, 0.2) is 5.69 Å². The predicted octanol–water partition coefficient (Wildman–Crippen LogP) is -0.348. The highest BCUT2D eigenvalue weighted by Crippen LogP contribution is 2.28. The third kappa shape index (κ3) is 3.06. The summed E-state index contributed by atoms with van der Waals surface area (Å²) in [5.41, 5.74) is 0.401. The van der Waals surface area contributed by atoms with Gasteiger partial charge in [-0.1, -0.05) is 0 Å². The van der Waals surface area contributed by atoms with E-state index in [0.717, 1.165) is 18.5 Å². The minimum atomic E-state index is -0.634. The van der Waals surface area contributed by atoms with Gasteiger partial charge >= 0.3 is 6.09 Å². The summed E-state index contributed by atoms with van der Waals surface area (Å²) in [5, 5.41) is 9.43. The Morgan fingerprint density at radius 3 is 2.96 bits per heavy atom. The number of amides is 3. The van der Waals surface area contributed by atoms with Crippen molar-refractivity contribution in [2.24, 2.45) is 0 Å². The SMILES string of the molecule is CNC(=O)Cn1nc(C(=O)N2CCC[C@@]3(CNC(=O)O3)C2)cc1C. The van der Waals surface area contributed by atoms with Gasteiger partial charge in [-0.05, 0) is 25.8 Å². The van der Waals surface area contributed by atoms with Crippen molar-refractivity contribution >= 4 is 17.9 Å². The van der Waals surface area contributed by atoms with E-state index in [1.54, 1.807) is 24.9 Å². The Morgan fingerprint density at radius 2 is 2.29 bits per heavy atom. The number of nitrogens with zero attached hydrogens (tertiary/aromatic N) is 3. The molecular formula is C15H21N5O4. The maximum absolute atomic E-state index is 12.7. The molecule has 0 bridgehead atoms. The average molecular weight is 335 g/mol. The zero-order chi connectivity index (χ0) is 17.3. The first-order valence-electron chi connectivity index (χ1n) is 7.94. The van der Waals surface area contributed by atoms with Gasteiger partial charge in [0.25, 0.3) is 5.91 Å². The number of aryl methyl sites for hydroxylation is 1. The van der Waals surface area contributed by atoms with E-state index in [4.69, 9.17) is 4.74 Å². The first-order chi connectivity index (χ1) is 11.4. The monoisotopic (exact) mass is 335 g/mol. The minimum Gasteiger partial charge on any atom is -0.439 e. The summed E-state index contributed by atoms with van der Waals surface area (Å²) in [7, 11) is 1.55. The molecule has 2 fully saturated rings. The van der Waals surface area contributed by atoms with Crippen molar-refractivity contribution in [2.75, 3.05) is 26.7 Å². The van der Waals surface area contributed by atoms with E-state index < -0.39 is 11.7 Å². The van der Waals surface area contributed by atoms with Gasteiger partial charge in [-0.3, -0.25) is 14.3 Å². The van der Waals surface area contributed by atoms with Gasteiger partial charge in [0.05, 0.1) is 13.1 Å². The molecule has 2 N–H and O–H groups in total. The van der Waals surface area contributed by atoms with Crippen molar-refractivity contribution in [1.29, 1.82) is 0 Å². The third-order valence-electron chi connectivity index (χ3n) is 4.46. The standard InChI is InChI=1S/C15H21N5O4/c1-10-6-11(18-20(10)7-12(21)16-2)13(22)19-5-3-4-15(9-19)8-17-14(23)24-15/h6H,3-5,7-9H2,1-2H3,(H,16,21)(H,17,23)/t15-/m1/s1. The third-order valence-corrected chi connectivity index (χ3v) is 4.46. The van der Waals surface area contributed by atoms with Crippen LogP contribution in [0, 0.1) is 6.92 Å². The second-order valence-electron chi connectivity index (χ2n) is 6.26. The fraction of sp³-hybridized carbons (Fsp3) is 0.600. The summed E-state index contributed by atoms with van der Waals surface area (Å²) in [6.07, 6.45) is 1.06. The van der Waals surface area contributed by atoms with E-state index in [0.29, 0.717) is 25.3 Å². The lowest BCUT2D eigenvalue weighted by atomic mass is 9.93. The van der Waals surface area contributed by atoms with Gasteiger partial charge in [0.2, 0.25) is 5.91 Å². The Bertz CT molecular complexity index is 685. The van der Waals surface area contributed by atoms with Crippen molar-refractivity contribution in [3.63, 3.8) is 0 Å². The van der Waals surface area contributed by atoms with E-state index in [9.17, 15) is 14.4 Å². The Labute approximate surface area is 139 Å². The van der Waals surface area contributed by atoms with Crippen LogP contribution in [0.4, 0.5) is 4.79 Å². The molecule has 24 heavy (non-hydrogen) atoms. The van der Waals surface area contributed by atoms with Gasteiger partial charge in [0, 0.05) is 19.3 Å². The Morgan fingerprint density at radius 1 is 1.50 bits per heavy atom. The molecule has 3 heterocycles. The molecule has 9 heteroatoms. The lowest BCUT2D eigenvalue weighted by Gasteiger charge is -2.37. The molecule has 1 aromatic heterocycles. The van der Waals surface area contributed by atoms with E-state index in [-0.39, 0.29) is 18.4 Å². The van der Waals surface area contributed by atoms with Crippen LogP contribution in [-0.2, 0) is 16.1 Å². The van der Waals surface area contributed by atoms with Crippen LogP contribution in [-0.4, -0.2) is 64.9 Å². The van der Waals surface area contributed by atoms with Crippen molar-refractivity contribution in [3.8, 4) is 0 Å². The Kier molecular flexibility index (Phi) is 4.16. The van der Waals surface area contributed by atoms with Crippen molar-refractivity contribution in [2.45, 2.75) is 31.9 Å². The van der Waals surface area contributed by atoms with Crippen LogP contribution in [0.5, 0.6) is 0 Å². The highest BCUT2D eigenvalue weighted by atomic mass is 16.6. The molecule has 3 rings (SSSR count). The highest BCUT2D eigenvalue weighted by Gasteiger charge is 2.45. The van der Waals surface area contributed by atoms with Gasteiger partial charge in [-0.2, -0.15) is 5.10 Å². The predicted molar refractivity (Wildman–Crippen MR) is 83.4 cm³/mol. The molecule has 2 aliphatic rings. The zero-order valence-corrected chi connectivity index (χ0v) is 13.8. The first-order valence-corrected chi connectivity index (χ1v) is 7.94. The molecule has 0 saturated carbocycles. The van der Waals surface area contributed by atoms with Gasteiger partial charge in [-0.15, -0.1) is 0 Å². The molecule has 0 radical (unpaired) electrons. The maximum atomic E-state index is 12.7. The lowest BCUT2D eigenvalue weighted by Crippen LogP contribution is -2.52. The number of likely N-dealkylation sites (tertiary alicyclic amines) is 1. The quantitative estimate of drug-likeness (QED) is 0.786. The summed E-state index contributed by atoms with van der Waals surface area (Å²) in [6.45, 7) is 3.24. The molecule has 1 aromatic rings. The minimum absolute atomic E-state index is 0.0705. The van der Waals surface area contributed by atoms with Crippen molar-refractivity contribution in [3.05, 3.63) is 17.5 Å². The molecule has 130 valence electrons. The van der Waals surface area contributed by atoms with Crippen LogP contribution in [0.2, 0.25) is 0 Å². The van der Waals surface area contributed by atoms with E-state index in [1.807, 2.05) is 0 Å². The molecule has 9 nitrogen and oxygen atoms in total. The first kappa shape index (κ1) is 16.3. The number of piperidine rings is 1. The summed E-state index contributed by atoms with van der Waals surface area (Å²) in [4.78, 5) is 37.2. The fourth-order valence-corrected chi connectivity index (χ4v) is 3.15. The Balaban J connectivity index is 1.73. The number of likely N-dealkylation sites (N-methyl/N-ethyl adjacent to an activating group) is 1. The normalized spacial score (nSPS) is 23.1. The molecule has 1 atom stereocenters. The molecule has 2 aliphatic heterocycles. The van der Waals surface area contributed by atoms with Crippen molar-refractivity contribution < 1.29 is 19.1 Å². The average Bonchev–Trinajstić information content (AvgIpc) is 3.10. The van der Waals surface area contributed by atoms with Crippen LogP contribution < -0.4 is 10.6 Å². The molecule has 1 spiro atoms. The van der Waals surface area contributed by atoms with E-state index >= 15 is 0 Å². The number of carbonyl (C=O) groups is 3. The number of hydrogen-bond acceptors (Lipinski definition) is 5. The summed E-state index contributed by atoms with van der Waals surface area (Å²) in [5.74, 6) is -0.392. The van der Waals surface area contributed by atoms with Crippen LogP contribution >= 0.6 is 0 Å². The molecule has 0 aliphatic carbocycles. The molecule has 0 aromatic carbocycles. The number of carbonyl (C=O) groups excluding carboxylic acids is 3. The van der Waals surface area contributed by atoms with Crippen LogP contribution in [0.25, 0.3) is 0 Å². The molecule has 0 unspecified atom stereocenters. The summed E-state index contributed by atoms with van der Waals surface area (Å²) in [6, 6.07) is 1.67. The second-order valence-corrected chi connectivity index (χ2v) is 6.26. The van der Waals surface area contributed by atoms with E-state index in [1.165, 1.54) is 4.68 Å². The molecule has 3 amide bonds. The number of aromatic nitrogens is 2. The number of alkyl carbamates (subject to hydrolysis) is 1. The van der Waals surface area contributed by atoms with Crippen LogP contribution in [0.15, 0.2) is 6.07 Å². The summed E-state index contributed by atoms with van der Waals surface area (Å²) < 4.78 is 6.88. The van der Waals surface area contributed by atoms with Crippen molar-refractivity contribution in [1.82, 2.24) is 25.3 Å². The van der Waals surface area contributed by atoms with Gasteiger partial charge in [-0.25, -0.2) is 4.79 Å². The number of rotatable bonds is 3. The molecular weight excluding hydrogens is 314 g/mol. The highest BCUT2D eigenvalue weighted by molar-refractivity contribution is 5.92. The van der Waals surface area contributed by atoms with Gasteiger partial charge in [0.1, 0.15) is 12.1 Å². The van der Waals surface area contributed by atoms with Crippen LogP contribution in [0.3, 0.4) is 0 Å². The smallest absolute Gasteiger partial charge is 0.407 e.